The van der Waals surface area contributed by atoms with Gasteiger partial charge in [-0.25, -0.2) is 4.79 Å². The first kappa shape index (κ1) is 14.8. The van der Waals surface area contributed by atoms with Gasteiger partial charge >= 0.3 is 12.0 Å². The van der Waals surface area contributed by atoms with E-state index in [0.717, 1.165) is 6.42 Å². The zero-order chi connectivity index (χ0) is 13.7. The summed E-state index contributed by atoms with van der Waals surface area (Å²) in [5.74, 6) is -0.506. The van der Waals surface area contributed by atoms with Crippen LogP contribution in [0.4, 0.5) is 4.79 Å². The number of rotatable bonds is 5. The molecule has 0 bridgehead atoms. The van der Waals surface area contributed by atoms with Crippen molar-refractivity contribution in [3.05, 3.63) is 0 Å². The second kappa shape index (κ2) is 6.58. The summed E-state index contributed by atoms with van der Waals surface area (Å²) in [6.45, 7) is 3.02. The van der Waals surface area contributed by atoms with E-state index < -0.39 is 5.97 Å². The second-order valence-corrected chi connectivity index (χ2v) is 4.96. The third-order valence-electron chi connectivity index (χ3n) is 3.55. The number of carboxylic acids is 1. The topological polar surface area (TPSA) is 81.1 Å². The number of carbonyl (C=O) groups excluding carboxylic acids is 1. The first-order chi connectivity index (χ1) is 8.45. The van der Waals surface area contributed by atoms with Gasteiger partial charge in [-0.3, -0.25) is 4.79 Å². The maximum atomic E-state index is 12.1. The number of likely N-dealkylation sites (N-methyl/N-ethyl adjacent to an activating group) is 1. The predicted molar refractivity (Wildman–Crippen MR) is 66.3 cm³/mol. The fraction of sp³-hybridized carbons (Fsp3) is 0.833. The van der Waals surface area contributed by atoms with Crippen molar-refractivity contribution in [2.24, 2.45) is 5.92 Å². The molecule has 104 valence electrons. The van der Waals surface area contributed by atoms with Crippen LogP contribution in [0.2, 0.25) is 0 Å². The van der Waals surface area contributed by atoms with Gasteiger partial charge in [0, 0.05) is 26.6 Å². The van der Waals surface area contributed by atoms with E-state index in [9.17, 15) is 9.59 Å². The van der Waals surface area contributed by atoms with Gasteiger partial charge in [0.1, 0.15) is 0 Å². The van der Waals surface area contributed by atoms with Crippen LogP contribution in [0, 0.1) is 5.92 Å². The summed E-state index contributed by atoms with van der Waals surface area (Å²) < 4.78 is 0. The van der Waals surface area contributed by atoms with E-state index in [0.29, 0.717) is 19.5 Å². The third-order valence-corrected chi connectivity index (χ3v) is 3.55. The van der Waals surface area contributed by atoms with E-state index in [1.165, 1.54) is 4.90 Å². The number of carboxylic acid groups (broad SMARTS) is 1. The maximum absolute atomic E-state index is 12.1. The van der Waals surface area contributed by atoms with Crippen molar-refractivity contribution in [2.45, 2.75) is 32.2 Å². The molecule has 1 aliphatic rings. The van der Waals surface area contributed by atoms with Crippen molar-refractivity contribution >= 4 is 12.0 Å². The molecule has 1 saturated heterocycles. The van der Waals surface area contributed by atoms with Gasteiger partial charge in [0.25, 0.3) is 0 Å². The lowest BCUT2D eigenvalue weighted by Crippen LogP contribution is -2.45. The molecule has 1 aliphatic heterocycles. The molecule has 0 aromatic heterocycles. The summed E-state index contributed by atoms with van der Waals surface area (Å²) in [6.07, 6.45) is 1.65. The van der Waals surface area contributed by atoms with Crippen LogP contribution < -0.4 is 0 Å². The maximum Gasteiger partial charge on any atom is 0.320 e. The molecule has 2 atom stereocenters. The number of aliphatic hydroxyl groups is 1. The summed E-state index contributed by atoms with van der Waals surface area (Å²) in [4.78, 5) is 25.8. The number of carbonyl (C=O) groups is 2. The molecule has 6 heteroatoms. The van der Waals surface area contributed by atoms with Gasteiger partial charge in [0.2, 0.25) is 0 Å². The van der Waals surface area contributed by atoms with E-state index in [1.807, 2.05) is 0 Å². The van der Waals surface area contributed by atoms with Crippen LogP contribution in [-0.2, 0) is 4.79 Å². The monoisotopic (exact) mass is 258 g/mol. The number of hydrogen-bond acceptors (Lipinski definition) is 3. The fourth-order valence-electron chi connectivity index (χ4n) is 2.10. The van der Waals surface area contributed by atoms with Crippen LogP contribution in [0.3, 0.4) is 0 Å². The van der Waals surface area contributed by atoms with Crippen LogP contribution in [0.15, 0.2) is 0 Å². The molecule has 0 aromatic carbocycles. The van der Waals surface area contributed by atoms with Crippen LogP contribution in [-0.4, -0.2) is 64.8 Å². The van der Waals surface area contributed by atoms with Gasteiger partial charge in [-0.05, 0) is 25.7 Å². The molecule has 2 amide bonds. The Morgan fingerprint density at radius 1 is 1.50 bits per heavy atom. The molecule has 1 fully saturated rings. The van der Waals surface area contributed by atoms with Crippen LogP contribution >= 0.6 is 0 Å². The van der Waals surface area contributed by atoms with Gasteiger partial charge in [0.15, 0.2) is 0 Å². The Morgan fingerprint density at radius 3 is 2.72 bits per heavy atom. The second-order valence-electron chi connectivity index (χ2n) is 4.96. The van der Waals surface area contributed by atoms with Gasteiger partial charge in [-0.1, -0.05) is 0 Å². The zero-order valence-corrected chi connectivity index (χ0v) is 11.0. The van der Waals surface area contributed by atoms with E-state index >= 15 is 0 Å². The highest BCUT2D eigenvalue weighted by atomic mass is 16.4. The highest BCUT2D eigenvalue weighted by Gasteiger charge is 2.29. The number of aliphatic carboxylic acids is 1. The van der Waals surface area contributed by atoms with Gasteiger partial charge in [-0.15, -0.1) is 0 Å². The van der Waals surface area contributed by atoms with Crippen molar-refractivity contribution in [2.75, 3.05) is 26.7 Å². The lowest BCUT2D eigenvalue weighted by Gasteiger charge is -2.28. The van der Waals surface area contributed by atoms with Gasteiger partial charge in [-0.2, -0.15) is 0 Å². The Balaban J connectivity index is 2.41. The average Bonchev–Trinajstić information content (AvgIpc) is 2.82. The molecule has 0 spiro atoms. The smallest absolute Gasteiger partial charge is 0.320 e. The SMILES string of the molecule is CC(CO)N(C)C(=O)N1CCC(CCC(=O)O)C1. The fourth-order valence-corrected chi connectivity index (χ4v) is 2.10. The minimum atomic E-state index is -0.786. The minimum Gasteiger partial charge on any atom is -0.481 e. The summed E-state index contributed by atoms with van der Waals surface area (Å²) in [7, 11) is 1.67. The Morgan fingerprint density at radius 2 is 2.17 bits per heavy atom. The Bertz CT molecular complexity index is 308. The van der Waals surface area contributed by atoms with E-state index in [4.69, 9.17) is 10.2 Å². The Kier molecular flexibility index (Phi) is 5.40. The third kappa shape index (κ3) is 3.87. The standard InChI is InChI=1S/C12H22N2O4/c1-9(8-15)13(2)12(18)14-6-5-10(7-14)3-4-11(16)17/h9-10,15H,3-8H2,1-2H3,(H,16,17). The van der Waals surface area contributed by atoms with E-state index in [1.54, 1.807) is 18.9 Å². The zero-order valence-electron chi connectivity index (χ0n) is 11.0. The predicted octanol–water partition coefficient (Wildman–Crippen LogP) is 0.606. The Hall–Kier alpha value is -1.30. The lowest BCUT2D eigenvalue weighted by molar-refractivity contribution is -0.137. The van der Waals surface area contributed by atoms with Crippen LogP contribution in [0.25, 0.3) is 0 Å². The molecule has 18 heavy (non-hydrogen) atoms. The quantitative estimate of drug-likeness (QED) is 0.757. The first-order valence-electron chi connectivity index (χ1n) is 6.30. The Labute approximate surface area is 107 Å². The van der Waals surface area contributed by atoms with Crippen LogP contribution in [0.1, 0.15) is 26.2 Å². The summed E-state index contributed by atoms with van der Waals surface area (Å²) in [5, 5.41) is 17.6. The molecule has 0 aromatic rings. The number of hydrogen-bond donors (Lipinski definition) is 2. The summed E-state index contributed by atoms with van der Waals surface area (Å²) in [6, 6.07) is -0.287. The van der Waals surface area contributed by atoms with Crippen LogP contribution in [0.5, 0.6) is 0 Å². The number of urea groups is 1. The molecule has 0 saturated carbocycles. The van der Waals surface area contributed by atoms with Crippen molar-refractivity contribution < 1.29 is 19.8 Å². The van der Waals surface area contributed by atoms with E-state index in [2.05, 4.69) is 0 Å². The molecular weight excluding hydrogens is 236 g/mol. The molecule has 0 aliphatic carbocycles. The molecular formula is C12H22N2O4. The van der Waals surface area contributed by atoms with Crippen molar-refractivity contribution in [3.8, 4) is 0 Å². The van der Waals surface area contributed by atoms with Crippen molar-refractivity contribution in [1.82, 2.24) is 9.80 Å². The number of aliphatic hydroxyl groups excluding tert-OH is 1. The largest absolute Gasteiger partial charge is 0.481 e. The molecule has 6 nitrogen and oxygen atoms in total. The van der Waals surface area contributed by atoms with Crippen molar-refractivity contribution in [1.29, 1.82) is 0 Å². The lowest BCUT2D eigenvalue weighted by atomic mass is 10.0. The summed E-state index contributed by atoms with van der Waals surface area (Å²) >= 11 is 0. The molecule has 0 radical (unpaired) electrons. The average molecular weight is 258 g/mol. The normalized spacial score (nSPS) is 20.8. The number of likely N-dealkylation sites (tertiary alicyclic amines) is 1. The first-order valence-corrected chi connectivity index (χ1v) is 6.30. The number of nitrogens with zero attached hydrogens (tertiary/aromatic N) is 2. The summed E-state index contributed by atoms with van der Waals surface area (Å²) in [5.41, 5.74) is 0. The minimum absolute atomic E-state index is 0.0570. The van der Waals surface area contributed by atoms with E-state index in [-0.39, 0.29) is 31.0 Å². The van der Waals surface area contributed by atoms with Gasteiger partial charge < -0.3 is 20.0 Å². The molecule has 2 unspecified atom stereocenters. The highest BCUT2D eigenvalue weighted by molar-refractivity contribution is 5.74. The molecule has 1 rings (SSSR count). The van der Waals surface area contributed by atoms with Gasteiger partial charge in [0.05, 0.1) is 12.6 Å². The molecule has 2 N–H and O–H groups in total. The highest BCUT2D eigenvalue weighted by Crippen LogP contribution is 2.22. The number of amides is 2. The van der Waals surface area contributed by atoms with Crippen molar-refractivity contribution in [3.63, 3.8) is 0 Å². The molecule has 1 heterocycles.